The number of anilines is 1. The number of piperazine rings is 1. The average Bonchev–Trinajstić information content (AvgIpc) is 2.68. The molecule has 138 valence electrons. The molecule has 2 heterocycles. The minimum atomic E-state index is -0.355. The number of para-hydroxylation sites is 1. The van der Waals surface area contributed by atoms with E-state index in [4.69, 9.17) is 0 Å². The molecule has 0 bridgehead atoms. The van der Waals surface area contributed by atoms with Gasteiger partial charge >= 0.3 is 0 Å². The van der Waals surface area contributed by atoms with Gasteiger partial charge in [-0.3, -0.25) is 9.78 Å². The number of hydrogen-bond acceptors (Lipinski definition) is 3. The van der Waals surface area contributed by atoms with Crippen molar-refractivity contribution in [3.8, 4) is 0 Å². The lowest BCUT2D eigenvalue weighted by Gasteiger charge is -2.37. The van der Waals surface area contributed by atoms with Crippen molar-refractivity contribution < 1.29 is 9.18 Å². The van der Waals surface area contributed by atoms with Gasteiger partial charge in [0.15, 0.2) is 0 Å². The first-order chi connectivity index (χ1) is 13.0. The number of halogens is 1. The largest absolute Gasteiger partial charge is 0.368 e. The van der Waals surface area contributed by atoms with Gasteiger partial charge in [0.1, 0.15) is 5.82 Å². The first-order valence-corrected chi connectivity index (χ1v) is 9.20. The van der Waals surface area contributed by atoms with Crippen LogP contribution in [0.4, 0.5) is 10.1 Å². The molecule has 4 nitrogen and oxygen atoms in total. The second-order valence-electron chi connectivity index (χ2n) is 7.04. The van der Waals surface area contributed by atoms with E-state index < -0.39 is 0 Å². The minimum Gasteiger partial charge on any atom is -0.368 e. The Hall–Kier alpha value is -2.95. The van der Waals surface area contributed by atoms with Crippen LogP contribution < -0.4 is 4.90 Å². The topological polar surface area (TPSA) is 36.4 Å². The Morgan fingerprint density at radius 3 is 2.48 bits per heavy atom. The summed E-state index contributed by atoms with van der Waals surface area (Å²) in [7, 11) is 0. The van der Waals surface area contributed by atoms with Crippen LogP contribution in [0.3, 0.4) is 0 Å². The number of aromatic nitrogens is 1. The molecular weight excluding hydrogens is 341 g/mol. The first kappa shape index (κ1) is 17.5. The van der Waals surface area contributed by atoms with Gasteiger partial charge in [0.05, 0.1) is 11.1 Å². The van der Waals surface area contributed by atoms with E-state index in [0.717, 1.165) is 18.8 Å². The Bertz CT molecular complexity index is 1010. The van der Waals surface area contributed by atoms with Crippen LogP contribution >= 0.6 is 0 Å². The summed E-state index contributed by atoms with van der Waals surface area (Å²) in [5.74, 6) is -0.410. The molecule has 2 aromatic carbocycles. The lowest BCUT2D eigenvalue weighted by Crippen LogP contribution is -2.49. The van der Waals surface area contributed by atoms with Gasteiger partial charge in [-0.05, 0) is 49.7 Å². The zero-order chi connectivity index (χ0) is 19.0. The fourth-order valence-corrected chi connectivity index (χ4v) is 3.75. The van der Waals surface area contributed by atoms with E-state index in [0.29, 0.717) is 29.6 Å². The third-order valence-electron chi connectivity index (χ3n) is 5.15. The number of hydrogen-bond donors (Lipinski definition) is 0. The van der Waals surface area contributed by atoms with Gasteiger partial charge in [0.25, 0.3) is 5.91 Å². The van der Waals surface area contributed by atoms with Crippen molar-refractivity contribution in [2.45, 2.75) is 13.8 Å². The molecule has 5 heteroatoms. The average molecular weight is 363 g/mol. The maximum absolute atomic E-state index is 13.7. The van der Waals surface area contributed by atoms with Crippen molar-refractivity contribution in [1.29, 1.82) is 0 Å². The molecule has 27 heavy (non-hydrogen) atoms. The van der Waals surface area contributed by atoms with E-state index in [9.17, 15) is 9.18 Å². The minimum absolute atomic E-state index is 0.0551. The van der Waals surface area contributed by atoms with Gasteiger partial charge < -0.3 is 9.80 Å². The quantitative estimate of drug-likeness (QED) is 0.692. The van der Waals surface area contributed by atoms with E-state index in [1.807, 2.05) is 24.0 Å². The predicted octanol–water partition coefficient (Wildman–Crippen LogP) is 3.95. The summed E-state index contributed by atoms with van der Waals surface area (Å²) in [4.78, 5) is 21.7. The zero-order valence-electron chi connectivity index (χ0n) is 15.6. The molecule has 0 unspecified atom stereocenters. The van der Waals surface area contributed by atoms with Gasteiger partial charge in [-0.15, -0.1) is 0 Å². The van der Waals surface area contributed by atoms with Gasteiger partial charge in [-0.1, -0.05) is 18.2 Å². The van der Waals surface area contributed by atoms with Gasteiger partial charge in [-0.25, -0.2) is 4.39 Å². The number of pyridine rings is 1. The summed E-state index contributed by atoms with van der Waals surface area (Å²) >= 11 is 0. The van der Waals surface area contributed by atoms with Gasteiger partial charge in [-0.2, -0.15) is 0 Å². The van der Waals surface area contributed by atoms with Crippen molar-refractivity contribution in [2.75, 3.05) is 31.1 Å². The monoisotopic (exact) mass is 363 g/mol. The zero-order valence-corrected chi connectivity index (χ0v) is 15.6. The second-order valence-corrected chi connectivity index (χ2v) is 7.04. The summed E-state index contributed by atoms with van der Waals surface area (Å²) in [6.45, 7) is 6.82. The van der Waals surface area contributed by atoms with Gasteiger partial charge in [0, 0.05) is 42.9 Å². The Morgan fingerprint density at radius 1 is 1.00 bits per heavy atom. The first-order valence-electron chi connectivity index (χ1n) is 9.20. The van der Waals surface area contributed by atoms with Gasteiger partial charge in [0.2, 0.25) is 0 Å². The highest BCUT2D eigenvalue weighted by atomic mass is 19.1. The Labute approximate surface area is 158 Å². The van der Waals surface area contributed by atoms with Crippen molar-refractivity contribution in [3.05, 3.63) is 71.2 Å². The molecule has 1 aromatic heterocycles. The van der Waals surface area contributed by atoms with E-state index in [-0.39, 0.29) is 11.7 Å². The van der Waals surface area contributed by atoms with Crippen LogP contribution in [0, 0.1) is 19.7 Å². The molecule has 1 aliphatic heterocycles. The summed E-state index contributed by atoms with van der Waals surface area (Å²) in [6.07, 6.45) is 0. The highest BCUT2D eigenvalue weighted by Gasteiger charge is 2.24. The van der Waals surface area contributed by atoms with Crippen molar-refractivity contribution in [3.63, 3.8) is 0 Å². The number of nitrogens with zero attached hydrogens (tertiary/aromatic N) is 3. The molecule has 1 amide bonds. The smallest absolute Gasteiger partial charge is 0.254 e. The molecule has 0 atom stereocenters. The molecular formula is C22H22FN3O. The van der Waals surface area contributed by atoms with E-state index >= 15 is 0 Å². The third kappa shape index (κ3) is 3.37. The standard InChI is InChI=1S/C22H22FN3O/c1-15-5-3-4-6-21(15)25-9-11-26(12-10-25)22(27)19-13-16(2)24-20-8-7-17(23)14-18(19)20/h3-8,13-14H,9-12H2,1-2H3. The van der Waals surface area contributed by atoms with Crippen LogP contribution in [-0.2, 0) is 0 Å². The maximum atomic E-state index is 13.7. The van der Waals surface area contributed by atoms with Crippen LogP contribution in [0.5, 0.6) is 0 Å². The summed E-state index contributed by atoms with van der Waals surface area (Å²) < 4.78 is 13.7. The van der Waals surface area contributed by atoms with E-state index in [2.05, 4.69) is 28.9 Å². The maximum Gasteiger partial charge on any atom is 0.254 e. The highest BCUT2D eigenvalue weighted by Crippen LogP contribution is 2.24. The van der Waals surface area contributed by atoms with Crippen LogP contribution in [0.1, 0.15) is 21.6 Å². The second kappa shape index (κ2) is 6.99. The predicted molar refractivity (Wildman–Crippen MR) is 106 cm³/mol. The number of benzene rings is 2. The highest BCUT2D eigenvalue weighted by molar-refractivity contribution is 6.06. The van der Waals surface area contributed by atoms with E-state index in [1.54, 1.807) is 12.1 Å². The van der Waals surface area contributed by atoms with Crippen LogP contribution in [0.2, 0.25) is 0 Å². The van der Waals surface area contributed by atoms with E-state index in [1.165, 1.54) is 23.4 Å². The lowest BCUT2D eigenvalue weighted by atomic mass is 10.1. The van der Waals surface area contributed by atoms with Crippen molar-refractivity contribution in [1.82, 2.24) is 9.88 Å². The number of fused-ring (bicyclic) bond motifs is 1. The van der Waals surface area contributed by atoms with Crippen LogP contribution in [0.15, 0.2) is 48.5 Å². The number of carbonyl (C=O) groups excluding carboxylic acids is 1. The lowest BCUT2D eigenvalue weighted by molar-refractivity contribution is 0.0748. The number of amides is 1. The fourth-order valence-electron chi connectivity index (χ4n) is 3.75. The normalized spacial score (nSPS) is 14.6. The van der Waals surface area contributed by atoms with Crippen molar-refractivity contribution in [2.24, 2.45) is 0 Å². The fraction of sp³-hybridized carbons (Fsp3) is 0.273. The van der Waals surface area contributed by atoms with Crippen molar-refractivity contribution >= 4 is 22.5 Å². The molecule has 3 aromatic rings. The SMILES string of the molecule is Cc1cc(C(=O)N2CCN(c3ccccc3C)CC2)c2cc(F)ccc2n1. The van der Waals surface area contributed by atoms with Crippen LogP contribution in [-0.4, -0.2) is 42.0 Å². The molecule has 0 N–H and O–H groups in total. The molecule has 0 saturated carbocycles. The Kier molecular flexibility index (Phi) is 4.52. The number of aryl methyl sites for hydroxylation is 2. The molecule has 0 spiro atoms. The third-order valence-corrected chi connectivity index (χ3v) is 5.15. The Balaban J connectivity index is 1.57. The molecule has 4 rings (SSSR count). The summed E-state index contributed by atoms with van der Waals surface area (Å²) in [5, 5.41) is 0.576. The number of carbonyl (C=O) groups is 1. The molecule has 0 radical (unpaired) electrons. The molecule has 1 aliphatic rings. The number of rotatable bonds is 2. The van der Waals surface area contributed by atoms with Crippen LogP contribution in [0.25, 0.3) is 10.9 Å². The molecule has 1 fully saturated rings. The molecule has 1 saturated heterocycles. The summed E-state index contributed by atoms with van der Waals surface area (Å²) in [6, 6.07) is 14.5. The Morgan fingerprint density at radius 2 is 1.74 bits per heavy atom. The summed E-state index contributed by atoms with van der Waals surface area (Å²) in [5.41, 5.74) is 4.40. The molecule has 0 aliphatic carbocycles.